The Morgan fingerprint density at radius 2 is 0.886 bits per heavy atom. The van der Waals surface area contributed by atoms with Crippen molar-refractivity contribution in [1.82, 2.24) is 0 Å². The van der Waals surface area contributed by atoms with Crippen LogP contribution < -0.4 is 9.80 Å². The highest BCUT2D eigenvalue weighted by Crippen LogP contribution is 2.68. The average Bonchev–Trinajstić information content (AvgIpc) is 2.30. The van der Waals surface area contributed by atoms with Gasteiger partial charge >= 0.3 is 0 Å². The van der Waals surface area contributed by atoms with Crippen LogP contribution in [-0.2, 0) is 41.9 Å². The number of hydrogen-bond donors (Lipinski definition) is 0. The summed E-state index contributed by atoms with van der Waals surface area (Å²) in [7, 11) is 0. The Morgan fingerprint density at radius 1 is 0.430 bits per heavy atom. The normalized spacial score (nSPS) is 15.8. The molecule has 4 nitrogen and oxygen atoms in total. The Balaban J connectivity index is 1.08. The first kappa shape index (κ1) is 46.7. The van der Waals surface area contributed by atoms with E-state index in [2.05, 4.69) is 233 Å². The maximum Gasteiger partial charge on any atom is 0.145 e. The van der Waals surface area contributed by atoms with Gasteiger partial charge in [0.1, 0.15) is 22.3 Å². The topological polar surface area (TPSA) is 32.8 Å². The Morgan fingerprint density at radius 3 is 1.39 bits per heavy atom. The van der Waals surface area contributed by atoms with Crippen LogP contribution in [0.2, 0.25) is 0 Å². The highest BCUT2D eigenvalue weighted by molar-refractivity contribution is 6.25. The quantitative estimate of drug-likeness (QED) is 0.166. The van der Waals surface area contributed by atoms with Crippen LogP contribution in [0.3, 0.4) is 0 Å². The standard InChI is InChI=1S/C75H64N2O2/c1-73(2,3)49-31-37-51(38-32-49)76(53-35-29-45-17-15-19-47(45)41-53)63-43-61-69(71-67(63)57-23-9-13-27-65(57)78-71)70-62(75(61)59-25-11-7-21-55(59)56-22-8-12-26-60(56)75)44-64(68-58-24-10-14-28-66(58)79-72(68)70)77(52-39-33-50(34-40-52)74(4,5)6)54-36-30-46-18-16-20-48(46)42-54/h7-11,13-14,21-25,27-44H,12,15-20,26H2,1-6H3. The van der Waals surface area contributed by atoms with E-state index < -0.39 is 5.41 Å². The summed E-state index contributed by atoms with van der Waals surface area (Å²) in [6, 6.07) is 65.2. The molecule has 5 aliphatic rings. The number of anilines is 6. The van der Waals surface area contributed by atoms with Crippen molar-refractivity contribution in [1.29, 1.82) is 0 Å². The molecule has 0 unspecified atom stereocenters. The van der Waals surface area contributed by atoms with Crippen molar-refractivity contribution in [2.75, 3.05) is 9.80 Å². The zero-order chi connectivity index (χ0) is 53.1. The molecule has 0 fully saturated rings. The number of fused-ring (bicyclic) bond motifs is 19. The highest BCUT2D eigenvalue weighted by Gasteiger charge is 2.55. The van der Waals surface area contributed by atoms with Gasteiger partial charge in [-0.1, -0.05) is 151 Å². The highest BCUT2D eigenvalue weighted by atomic mass is 16.3. The van der Waals surface area contributed by atoms with E-state index in [1.807, 2.05) is 0 Å². The molecule has 0 radical (unpaired) electrons. The van der Waals surface area contributed by atoms with Crippen LogP contribution in [0.4, 0.5) is 34.1 Å². The summed E-state index contributed by atoms with van der Waals surface area (Å²) in [6.07, 6.45) is 13.5. The van der Waals surface area contributed by atoms with Crippen molar-refractivity contribution >= 4 is 83.6 Å². The Hall–Kier alpha value is -8.34. The fourth-order valence-corrected chi connectivity index (χ4v) is 14.9. The summed E-state index contributed by atoms with van der Waals surface area (Å²) < 4.78 is 15.2. The SMILES string of the molecule is CC(C)(C)c1ccc(N(c2ccc3c(c2)CCC3)c2cc3c(c4oc5ccccc5c24)-c2c(cc(N(c4ccc(C(C)(C)C)cc4)c4ccc5c(c4)CCC5)c4c2oc2ccccc24)C32C3=C(C=CCC3)c3ccccc32)cc1. The van der Waals surface area contributed by atoms with Gasteiger partial charge in [-0.25, -0.2) is 0 Å². The molecule has 0 amide bonds. The van der Waals surface area contributed by atoms with E-state index in [1.54, 1.807) is 0 Å². The molecule has 0 bridgehead atoms. The first-order valence-corrected chi connectivity index (χ1v) is 29.0. The van der Waals surface area contributed by atoms with Crippen LogP contribution in [0.25, 0.3) is 60.6 Å². The van der Waals surface area contributed by atoms with E-state index in [1.165, 1.54) is 79.6 Å². The van der Waals surface area contributed by atoms with Gasteiger partial charge in [0.05, 0.1) is 27.6 Å². The minimum absolute atomic E-state index is 0.000735. The number of furan rings is 2. The molecule has 0 N–H and O–H groups in total. The van der Waals surface area contributed by atoms with Crippen LogP contribution in [0.5, 0.6) is 0 Å². The van der Waals surface area contributed by atoms with Crippen molar-refractivity contribution in [3.8, 4) is 11.1 Å². The molecule has 1 spiro atoms. The first-order valence-electron chi connectivity index (χ1n) is 29.0. The van der Waals surface area contributed by atoms with Gasteiger partial charge in [0.15, 0.2) is 0 Å². The predicted molar refractivity (Wildman–Crippen MR) is 329 cm³/mol. The molecule has 0 aliphatic heterocycles. The van der Waals surface area contributed by atoms with Crippen LogP contribution in [0, 0.1) is 0 Å². The third kappa shape index (κ3) is 6.73. The molecule has 16 rings (SSSR count). The summed E-state index contributed by atoms with van der Waals surface area (Å²) in [5, 5.41) is 4.41. The van der Waals surface area contributed by atoms with E-state index >= 15 is 0 Å². The van der Waals surface area contributed by atoms with Crippen molar-refractivity contribution in [2.45, 2.75) is 109 Å². The third-order valence-electron chi connectivity index (χ3n) is 18.7. The van der Waals surface area contributed by atoms with E-state index in [4.69, 9.17) is 8.83 Å². The maximum atomic E-state index is 7.59. The van der Waals surface area contributed by atoms with E-state index in [0.29, 0.717) is 0 Å². The van der Waals surface area contributed by atoms with Gasteiger partial charge in [0.2, 0.25) is 0 Å². The Kier molecular flexibility index (Phi) is 9.96. The van der Waals surface area contributed by atoms with Gasteiger partial charge in [-0.2, -0.15) is 0 Å². The number of hydrogen-bond acceptors (Lipinski definition) is 4. The number of benzene rings is 9. The lowest BCUT2D eigenvalue weighted by Crippen LogP contribution is -2.28. The second-order valence-corrected chi connectivity index (χ2v) is 25.2. The van der Waals surface area contributed by atoms with Gasteiger partial charge in [-0.05, 0) is 202 Å². The largest absolute Gasteiger partial charge is 0.455 e. The summed E-state index contributed by atoms with van der Waals surface area (Å²) >= 11 is 0. The molecular weight excluding hydrogens is 961 g/mol. The molecule has 0 saturated heterocycles. The molecule has 11 aromatic rings. The molecule has 4 heteroatoms. The van der Waals surface area contributed by atoms with Gasteiger partial charge in [-0.3, -0.25) is 0 Å². The zero-order valence-corrected chi connectivity index (χ0v) is 46.2. The fraction of sp³-hybridized carbons (Fsp3) is 0.227. The van der Waals surface area contributed by atoms with Crippen molar-refractivity contribution in [2.24, 2.45) is 0 Å². The van der Waals surface area contributed by atoms with Crippen molar-refractivity contribution in [3.63, 3.8) is 0 Å². The maximum absolute atomic E-state index is 7.59. The molecule has 386 valence electrons. The van der Waals surface area contributed by atoms with Crippen LogP contribution in [0.1, 0.15) is 123 Å². The predicted octanol–water partition coefficient (Wildman–Crippen LogP) is 20.4. The molecule has 2 aromatic heterocycles. The number of nitrogens with zero attached hydrogens (tertiary/aromatic N) is 2. The number of para-hydroxylation sites is 2. The molecule has 2 heterocycles. The number of allylic oxidation sites excluding steroid dienone is 4. The summed E-state index contributed by atoms with van der Waals surface area (Å²) in [6.45, 7) is 13.8. The van der Waals surface area contributed by atoms with Crippen molar-refractivity contribution < 1.29 is 8.83 Å². The Labute approximate surface area is 463 Å². The number of aryl methyl sites for hydroxylation is 4. The van der Waals surface area contributed by atoms with Crippen molar-refractivity contribution in [3.05, 3.63) is 243 Å². The molecule has 9 aromatic carbocycles. The fourth-order valence-electron chi connectivity index (χ4n) is 14.9. The summed E-state index contributed by atoms with van der Waals surface area (Å²) in [5.74, 6) is 0. The lowest BCUT2D eigenvalue weighted by atomic mass is 9.67. The average molecular weight is 1030 g/mol. The molecule has 0 atom stereocenters. The second-order valence-electron chi connectivity index (χ2n) is 25.2. The van der Waals surface area contributed by atoms with E-state index in [0.717, 1.165) is 128 Å². The van der Waals surface area contributed by atoms with Crippen LogP contribution in [0.15, 0.2) is 196 Å². The Bertz CT molecular complexity index is 4200. The summed E-state index contributed by atoms with van der Waals surface area (Å²) in [5.41, 5.74) is 28.2. The zero-order valence-electron chi connectivity index (χ0n) is 46.2. The molecule has 0 saturated carbocycles. The second kappa shape index (κ2) is 16.8. The minimum atomic E-state index is -0.704. The van der Waals surface area contributed by atoms with E-state index in [9.17, 15) is 0 Å². The lowest BCUT2D eigenvalue weighted by molar-refractivity contribution is 0.590. The smallest absolute Gasteiger partial charge is 0.145 e. The number of rotatable bonds is 6. The first-order chi connectivity index (χ1) is 38.4. The van der Waals surface area contributed by atoms with Gasteiger partial charge in [-0.15, -0.1) is 0 Å². The molecular formula is C75H64N2O2. The van der Waals surface area contributed by atoms with Gasteiger partial charge in [0.25, 0.3) is 0 Å². The third-order valence-corrected chi connectivity index (χ3v) is 18.7. The van der Waals surface area contributed by atoms with Crippen LogP contribution >= 0.6 is 0 Å². The molecule has 79 heavy (non-hydrogen) atoms. The van der Waals surface area contributed by atoms with E-state index in [-0.39, 0.29) is 10.8 Å². The van der Waals surface area contributed by atoms with Gasteiger partial charge < -0.3 is 18.6 Å². The molecule has 5 aliphatic carbocycles. The summed E-state index contributed by atoms with van der Waals surface area (Å²) in [4.78, 5) is 5.12. The van der Waals surface area contributed by atoms with Crippen LogP contribution in [-0.4, -0.2) is 0 Å². The van der Waals surface area contributed by atoms with Gasteiger partial charge in [0, 0.05) is 44.6 Å². The lowest BCUT2D eigenvalue weighted by Gasteiger charge is -2.35. The monoisotopic (exact) mass is 1020 g/mol. The minimum Gasteiger partial charge on any atom is -0.455 e.